The standard InChI is InChI=1S/C13H31NOSi/c1-4-7-11-16(15-6-3,12-8-5-2)13-9-10-14/h4-14H2,1-3H3. The largest absolute Gasteiger partial charge is 0.417 e. The molecule has 2 nitrogen and oxygen atoms in total. The van der Waals surface area contributed by atoms with E-state index in [0.29, 0.717) is 0 Å². The Bertz CT molecular complexity index is 131. The maximum Gasteiger partial charge on any atom is 0.192 e. The van der Waals surface area contributed by atoms with Gasteiger partial charge in [-0.05, 0) is 38.0 Å². The van der Waals surface area contributed by atoms with Crippen LogP contribution in [0.15, 0.2) is 0 Å². The molecule has 0 saturated heterocycles. The van der Waals surface area contributed by atoms with Crippen molar-refractivity contribution in [3.63, 3.8) is 0 Å². The first-order chi connectivity index (χ1) is 7.74. The monoisotopic (exact) mass is 245 g/mol. The maximum absolute atomic E-state index is 6.22. The maximum atomic E-state index is 6.22. The summed E-state index contributed by atoms with van der Waals surface area (Å²) in [6, 6.07) is 3.96. The molecule has 0 heterocycles. The number of rotatable bonds is 11. The van der Waals surface area contributed by atoms with Crippen LogP contribution in [0, 0.1) is 0 Å². The van der Waals surface area contributed by atoms with Crippen LogP contribution < -0.4 is 5.73 Å². The average molecular weight is 245 g/mol. The summed E-state index contributed by atoms with van der Waals surface area (Å²) in [6.45, 7) is 8.40. The van der Waals surface area contributed by atoms with E-state index in [2.05, 4.69) is 20.8 Å². The van der Waals surface area contributed by atoms with Crippen molar-refractivity contribution >= 4 is 8.32 Å². The van der Waals surface area contributed by atoms with Crippen LogP contribution in [0.3, 0.4) is 0 Å². The molecule has 0 rings (SSSR count). The van der Waals surface area contributed by atoms with E-state index in [1.807, 2.05) is 0 Å². The Hall–Kier alpha value is 0.137. The molecule has 0 amide bonds. The Labute approximate surface area is 103 Å². The Morgan fingerprint density at radius 3 is 1.75 bits per heavy atom. The van der Waals surface area contributed by atoms with Crippen molar-refractivity contribution in [3.8, 4) is 0 Å². The van der Waals surface area contributed by atoms with Crippen LogP contribution >= 0.6 is 0 Å². The highest BCUT2D eigenvalue weighted by Gasteiger charge is 2.32. The molecule has 16 heavy (non-hydrogen) atoms. The molecule has 3 heteroatoms. The van der Waals surface area contributed by atoms with Gasteiger partial charge >= 0.3 is 0 Å². The van der Waals surface area contributed by atoms with Gasteiger partial charge in [0, 0.05) is 6.61 Å². The van der Waals surface area contributed by atoms with Gasteiger partial charge in [-0.25, -0.2) is 0 Å². The van der Waals surface area contributed by atoms with Crippen molar-refractivity contribution in [2.45, 2.75) is 71.0 Å². The molecular formula is C13H31NOSi. The van der Waals surface area contributed by atoms with E-state index >= 15 is 0 Å². The minimum Gasteiger partial charge on any atom is -0.417 e. The minimum atomic E-state index is -1.44. The summed E-state index contributed by atoms with van der Waals surface area (Å²) in [5.41, 5.74) is 5.66. The van der Waals surface area contributed by atoms with E-state index in [9.17, 15) is 0 Å². The van der Waals surface area contributed by atoms with Gasteiger partial charge in [-0.2, -0.15) is 0 Å². The van der Waals surface area contributed by atoms with Crippen molar-refractivity contribution in [1.82, 2.24) is 0 Å². The lowest BCUT2D eigenvalue weighted by Crippen LogP contribution is -2.38. The molecule has 0 spiro atoms. The van der Waals surface area contributed by atoms with E-state index < -0.39 is 8.32 Å². The van der Waals surface area contributed by atoms with Gasteiger partial charge < -0.3 is 10.2 Å². The topological polar surface area (TPSA) is 35.2 Å². The SMILES string of the molecule is CCCC[Si](CCCC)(CCCN)OCC. The zero-order chi connectivity index (χ0) is 12.3. The second kappa shape index (κ2) is 10.3. The lowest BCUT2D eigenvalue weighted by Gasteiger charge is -2.31. The Morgan fingerprint density at radius 1 is 0.875 bits per heavy atom. The molecule has 2 N–H and O–H groups in total. The Balaban J connectivity index is 4.32. The van der Waals surface area contributed by atoms with Gasteiger partial charge in [0.1, 0.15) is 0 Å². The van der Waals surface area contributed by atoms with Crippen molar-refractivity contribution < 1.29 is 4.43 Å². The molecule has 0 unspecified atom stereocenters. The van der Waals surface area contributed by atoms with Crippen LogP contribution in [0.25, 0.3) is 0 Å². The lowest BCUT2D eigenvalue weighted by atomic mass is 10.4. The quantitative estimate of drug-likeness (QED) is 0.560. The third kappa shape index (κ3) is 6.66. The normalized spacial score (nSPS) is 12.0. The molecule has 98 valence electrons. The summed E-state index contributed by atoms with van der Waals surface area (Å²) >= 11 is 0. The molecule has 0 atom stereocenters. The van der Waals surface area contributed by atoms with Crippen molar-refractivity contribution in [2.24, 2.45) is 5.73 Å². The average Bonchev–Trinajstić information content (AvgIpc) is 2.31. The third-order valence-corrected chi connectivity index (χ3v) is 7.95. The molecule has 0 bridgehead atoms. The smallest absolute Gasteiger partial charge is 0.192 e. The lowest BCUT2D eigenvalue weighted by molar-refractivity contribution is 0.314. The summed E-state index contributed by atoms with van der Waals surface area (Å²) in [7, 11) is -1.44. The predicted molar refractivity (Wildman–Crippen MR) is 75.3 cm³/mol. The fraction of sp³-hybridized carbons (Fsp3) is 1.00. The molecule has 0 aromatic carbocycles. The molecule has 0 fully saturated rings. The first kappa shape index (κ1) is 16.1. The van der Waals surface area contributed by atoms with Crippen LogP contribution in [-0.2, 0) is 4.43 Å². The molecule has 0 aliphatic heterocycles. The zero-order valence-electron chi connectivity index (χ0n) is 11.6. The molecule has 0 aromatic heterocycles. The van der Waals surface area contributed by atoms with Gasteiger partial charge in [0.05, 0.1) is 0 Å². The first-order valence-corrected chi connectivity index (χ1v) is 9.61. The second-order valence-corrected chi connectivity index (χ2v) is 8.87. The van der Waals surface area contributed by atoms with E-state index in [4.69, 9.17) is 10.2 Å². The summed E-state index contributed by atoms with van der Waals surface area (Å²) in [4.78, 5) is 0. The molecule has 0 aliphatic carbocycles. The number of hydrogen-bond donors (Lipinski definition) is 1. The highest BCUT2D eigenvalue weighted by atomic mass is 28.4. The Kier molecular flexibility index (Phi) is 10.4. The van der Waals surface area contributed by atoms with Gasteiger partial charge in [0.25, 0.3) is 0 Å². The van der Waals surface area contributed by atoms with Gasteiger partial charge in [0.15, 0.2) is 8.32 Å². The Morgan fingerprint density at radius 2 is 1.38 bits per heavy atom. The van der Waals surface area contributed by atoms with Gasteiger partial charge in [-0.1, -0.05) is 39.5 Å². The molecule has 0 aliphatic rings. The van der Waals surface area contributed by atoms with Gasteiger partial charge in [-0.3, -0.25) is 0 Å². The number of nitrogens with two attached hydrogens (primary N) is 1. The van der Waals surface area contributed by atoms with E-state index in [-0.39, 0.29) is 0 Å². The van der Waals surface area contributed by atoms with Crippen molar-refractivity contribution in [3.05, 3.63) is 0 Å². The molecular weight excluding hydrogens is 214 g/mol. The summed E-state index contributed by atoms with van der Waals surface area (Å²) in [5.74, 6) is 0. The predicted octanol–water partition coefficient (Wildman–Crippen LogP) is 3.92. The van der Waals surface area contributed by atoms with E-state index in [0.717, 1.165) is 19.6 Å². The zero-order valence-corrected chi connectivity index (χ0v) is 12.6. The molecule has 0 aromatic rings. The summed E-state index contributed by atoms with van der Waals surface area (Å²) in [6.07, 6.45) is 6.40. The van der Waals surface area contributed by atoms with Gasteiger partial charge in [-0.15, -0.1) is 0 Å². The highest BCUT2D eigenvalue weighted by molar-refractivity contribution is 6.73. The first-order valence-electron chi connectivity index (χ1n) is 7.08. The number of unbranched alkanes of at least 4 members (excludes halogenated alkanes) is 2. The summed E-state index contributed by atoms with van der Waals surface area (Å²) in [5, 5.41) is 0. The third-order valence-electron chi connectivity index (χ3n) is 3.26. The fourth-order valence-electron chi connectivity index (χ4n) is 2.32. The van der Waals surface area contributed by atoms with Crippen molar-refractivity contribution in [2.75, 3.05) is 13.2 Å². The molecule has 0 radical (unpaired) electrons. The number of hydrogen-bond acceptors (Lipinski definition) is 2. The van der Waals surface area contributed by atoms with Crippen LogP contribution in [0.4, 0.5) is 0 Å². The van der Waals surface area contributed by atoms with E-state index in [1.165, 1.54) is 43.8 Å². The van der Waals surface area contributed by atoms with Crippen LogP contribution in [0.5, 0.6) is 0 Å². The van der Waals surface area contributed by atoms with Crippen LogP contribution in [0.2, 0.25) is 18.1 Å². The van der Waals surface area contributed by atoms with Crippen LogP contribution in [-0.4, -0.2) is 21.5 Å². The van der Waals surface area contributed by atoms with E-state index in [1.54, 1.807) is 0 Å². The highest BCUT2D eigenvalue weighted by Crippen LogP contribution is 2.28. The fourth-order valence-corrected chi connectivity index (χ4v) is 6.96. The van der Waals surface area contributed by atoms with Crippen LogP contribution in [0.1, 0.15) is 52.9 Å². The summed E-state index contributed by atoms with van der Waals surface area (Å²) < 4.78 is 6.22. The minimum absolute atomic E-state index is 0.820. The molecule has 0 saturated carbocycles. The van der Waals surface area contributed by atoms with Crippen molar-refractivity contribution in [1.29, 1.82) is 0 Å². The second-order valence-electron chi connectivity index (χ2n) is 4.72. The van der Waals surface area contributed by atoms with Gasteiger partial charge in [0.2, 0.25) is 0 Å².